The summed E-state index contributed by atoms with van der Waals surface area (Å²) < 4.78 is 0. The van der Waals surface area contributed by atoms with Gasteiger partial charge < -0.3 is 15.5 Å². The third-order valence-electron chi connectivity index (χ3n) is 5.79. The molecule has 31 heavy (non-hydrogen) atoms. The summed E-state index contributed by atoms with van der Waals surface area (Å²) in [5.74, 6) is -0.433. The molecule has 6 heteroatoms. The molecule has 0 aliphatic carbocycles. The monoisotopic (exact) mass is 415 g/mol. The summed E-state index contributed by atoms with van der Waals surface area (Å²) in [6.07, 6.45) is 1.22. The molecule has 158 valence electrons. The van der Waals surface area contributed by atoms with Crippen LogP contribution in [0, 0.1) is 5.92 Å². The predicted octanol–water partition coefficient (Wildman–Crippen LogP) is 3.69. The van der Waals surface area contributed by atoms with Gasteiger partial charge in [-0.05, 0) is 47.9 Å². The summed E-state index contributed by atoms with van der Waals surface area (Å²) in [4.78, 5) is 39.4. The molecule has 0 radical (unpaired) electrons. The number of nitrogens with zero attached hydrogens (tertiary/aromatic N) is 1. The van der Waals surface area contributed by atoms with Crippen molar-refractivity contribution in [3.8, 4) is 0 Å². The number of carbonyl (C=O) groups excluding carboxylic acids is 3. The summed E-state index contributed by atoms with van der Waals surface area (Å²) in [5, 5.41) is 7.48. The van der Waals surface area contributed by atoms with Crippen LogP contribution in [-0.2, 0) is 4.79 Å². The molecule has 1 aliphatic heterocycles. The Morgan fingerprint density at radius 2 is 1.61 bits per heavy atom. The molecule has 3 aromatic carbocycles. The number of fused-ring (bicyclic) bond motifs is 1. The number of amides is 3. The van der Waals surface area contributed by atoms with E-state index in [1.165, 1.54) is 0 Å². The third kappa shape index (κ3) is 4.43. The molecule has 1 fully saturated rings. The Hall–Kier alpha value is -3.67. The van der Waals surface area contributed by atoms with E-state index >= 15 is 0 Å². The number of rotatable bonds is 4. The summed E-state index contributed by atoms with van der Waals surface area (Å²) in [6, 6.07) is 20.5. The molecular weight excluding hydrogens is 390 g/mol. The molecule has 0 aromatic heterocycles. The Morgan fingerprint density at radius 3 is 2.39 bits per heavy atom. The maximum atomic E-state index is 13.1. The number of hydrogen-bond donors (Lipinski definition) is 2. The van der Waals surface area contributed by atoms with E-state index in [1.807, 2.05) is 47.4 Å². The highest BCUT2D eigenvalue weighted by atomic mass is 16.2. The number of carbonyl (C=O) groups is 3. The normalized spacial score (nSPS) is 14.3. The largest absolute Gasteiger partial charge is 0.355 e. The highest BCUT2D eigenvalue weighted by Crippen LogP contribution is 2.24. The predicted molar refractivity (Wildman–Crippen MR) is 121 cm³/mol. The van der Waals surface area contributed by atoms with Gasteiger partial charge in [-0.25, -0.2) is 0 Å². The van der Waals surface area contributed by atoms with Gasteiger partial charge in [0.15, 0.2) is 0 Å². The van der Waals surface area contributed by atoms with E-state index < -0.39 is 0 Å². The molecule has 4 rings (SSSR count). The van der Waals surface area contributed by atoms with Crippen LogP contribution in [0.2, 0.25) is 0 Å². The van der Waals surface area contributed by atoms with Crippen molar-refractivity contribution >= 4 is 34.2 Å². The van der Waals surface area contributed by atoms with Crippen molar-refractivity contribution in [3.05, 3.63) is 77.9 Å². The fraction of sp³-hybridized carbons (Fsp3) is 0.240. The van der Waals surface area contributed by atoms with Crippen molar-refractivity contribution in [2.45, 2.75) is 12.8 Å². The second kappa shape index (κ2) is 9.00. The van der Waals surface area contributed by atoms with E-state index in [0.29, 0.717) is 42.7 Å². The first kappa shape index (κ1) is 20.6. The van der Waals surface area contributed by atoms with Gasteiger partial charge in [0.05, 0.1) is 0 Å². The summed E-state index contributed by atoms with van der Waals surface area (Å²) in [5.41, 5.74) is 1.79. The van der Waals surface area contributed by atoms with Crippen LogP contribution in [0.15, 0.2) is 66.7 Å². The standard InChI is InChI=1S/C25H25N3O3/c1-26-23(29)19-8-4-9-20(16-19)27-24(30)18-12-14-28(15-13-18)25(31)22-11-5-7-17-6-2-3-10-21(17)22/h2-11,16,18H,12-15H2,1H3,(H,26,29)(H,27,30). The van der Waals surface area contributed by atoms with Crippen molar-refractivity contribution in [3.63, 3.8) is 0 Å². The SMILES string of the molecule is CNC(=O)c1cccc(NC(=O)C2CCN(C(=O)c3cccc4ccccc34)CC2)c1. The Kier molecular flexibility index (Phi) is 5.98. The van der Waals surface area contributed by atoms with E-state index in [1.54, 1.807) is 31.3 Å². The van der Waals surface area contributed by atoms with Gasteiger partial charge in [0.2, 0.25) is 5.91 Å². The van der Waals surface area contributed by atoms with E-state index in [-0.39, 0.29) is 23.6 Å². The number of nitrogens with one attached hydrogen (secondary N) is 2. The highest BCUT2D eigenvalue weighted by Gasteiger charge is 2.28. The van der Waals surface area contributed by atoms with Crippen molar-refractivity contribution in [2.24, 2.45) is 5.92 Å². The molecule has 3 amide bonds. The van der Waals surface area contributed by atoms with Gasteiger partial charge in [-0.15, -0.1) is 0 Å². The molecule has 0 unspecified atom stereocenters. The van der Waals surface area contributed by atoms with Gasteiger partial charge in [-0.2, -0.15) is 0 Å². The van der Waals surface area contributed by atoms with E-state index in [2.05, 4.69) is 10.6 Å². The number of hydrogen-bond acceptors (Lipinski definition) is 3. The Labute approximate surface area is 181 Å². The number of anilines is 1. The molecule has 1 saturated heterocycles. The zero-order valence-corrected chi connectivity index (χ0v) is 17.4. The number of likely N-dealkylation sites (tertiary alicyclic amines) is 1. The number of benzene rings is 3. The van der Waals surface area contributed by atoms with Gasteiger partial charge in [0.1, 0.15) is 0 Å². The molecular formula is C25H25N3O3. The lowest BCUT2D eigenvalue weighted by Gasteiger charge is -2.31. The quantitative estimate of drug-likeness (QED) is 0.682. The second-order valence-corrected chi connectivity index (χ2v) is 7.74. The van der Waals surface area contributed by atoms with Crippen LogP contribution in [0.3, 0.4) is 0 Å². The zero-order valence-electron chi connectivity index (χ0n) is 17.4. The Morgan fingerprint density at radius 1 is 0.903 bits per heavy atom. The molecule has 2 N–H and O–H groups in total. The summed E-state index contributed by atoms with van der Waals surface area (Å²) in [7, 11) is 1.57. The van der Waals surface area contributed by atoms with Crippen molar-refractivity contribution in [1.82, 2.24) is 10.2 Å². The van der Waals surface area contributed by atoms with Crippen LogP contribution < -0.4 is 10.6 Å². The second-order valence-electron chi connectivity index (χ2n) is 7.74. The van der Waals surface area contributed by atoms with Crippen molar-refractivity contribution in [2.75, 3.05) is 25.5 Å². The average Bonchev–Trinajstić information content (AvgIpc) is 2.83. The lowest BCUT2D eigenvalue weighted by Crippen LogP contribution is -2.41. The van der Waals surface area contributed by atoms with Crippen LogP contribution >= 0.6 is 0 Å². The lowest BCUT2D eigenvalue weighted by molar-refractivity contribution is -0.121. The summed E-state index contributed by atoms with van der Waals surface area (Å²) in [6.45, 7) is 1.08. The van der Waals surface area contributed by atoms with Gasteiger partial charge in [-0.3, -0.25) is 14.4 Å². The van der Waals surface area contributed by atoms with Gasteiger partial charge in [0, 0.05) is 42.9 Å². The topological polar surface area (TPSA) is 78.5 Å². The van der Waals surface area contributed by atoms with E-state index in [4.69, 9.17) is 0 Å². The molecule has 1 heterocycles. The van der Waals surface area contributed by atoms with Crippen LogP contribution in [0.4, 0.5) is 5.69 Å². The maximum Gasteiger partial charge on any atom is 0.254 e. The van der Waals surface area contributed by atoms with E-state index in [0.717, 1.165) is 10.8 Å². The molecule has 6 nitrogen and oxygen atoms in total. The molecule has 0 saturated carbocycles. The molecule has 1 aliphatic rings. The lowest BCUT2D eigenvalue weighted by atomic mass is 9.94. The van der Waals surface area contributed by atoms with Crippen LogP contribution in [0.25, 0.3) is 10.8 Å². The minimum atomic E-state index is -0.198. The smallest absolute Gasteiger partial charge is 0.254 e. The van der Waals surface area contributed by atoms with Gasteiger partial charge >= 0.3 is 0 Å². The van der Waals surface area contributed by atoms with E-state index in [9.17, 15) is 14.4 Å². The Bertz CT molecular complexity index is 1130. The third-order valence-corrected chi connectivity index (χ3v) is 5.79. The minimum absolute atomic E-state index is 0.00828. The highest BCUT2D eigenvalue weighted by molar-refractivity contribution is 6.07. The first-order valence-corrected chi connectivity index (χ1v) is 10.5. The fourth-order valence-electron chi connectivity index (χ4n) is 4.05. The zero-order chi connectivity index (χ0) is 21.8. The molecule has 0 atom stereocenters. The average molecular weight is 415 g/mol. The fourth-order valence-corrected chi connectivity index (χ4v) is 4.05. The van der Waals surface area contributed by atoms with Crippen molar-refractivity contribution in [1.29, 1.82) is 0 Å². The minimum Gasteiger partial charge on any atom is -0.355 e. The van der Waals surface area contributed by atoms with Gasteiger partial charge in [-0.1, -0.05) is 42.5 Å². The maximum absolute atomic E-state index is 13.1. The van der Waals surface area contributed by atoms with Crippen LogP contribution in [0.1, 0.15) is 33.6 Å². The van der Waals surface area contributed by atoms with Crippen LogP contribution in [-0.4, -0.2) is 42.8 Å². The molecule has 3 aromatic rings. The first-order chi connectivity index (χ1) is 15.1. The molecule has 0 spiro atoms. The number of piperidine rings is 1. The van der Waals surface area contributed by atoms with Crippen molar-refractivity contribution < 1.29 is 14.4 Å². The summed E-state index contributed by atoms with van der Waals surface area (Å²) >= 11 is 0. The van der Waals surface area contributed by atoms with Gasteiger partial charge in [0.25, 0.3) is 11.8 Å². The Balaban J connectivity index is 1.39. The molecule has 0 bridgehead atoms. The first-order valence-electron chi connectivity index (χ1n) is 10.5. The van der Waals surface area contributed by atoms with Crippen LogP contribution in [0.5, 0.6) is 0 Å².